The Morgan fingerprint density at radius 1 is 1.48 bits per heavy atom. The van der Waals surface area contributed by atoms with Crippen LogP contribution in [0.2, 0.25) is 0 Å². The zero-order valence-corrected chi connectivity index (χ0v) is 12.1. The number of aliphatic hydroxyl groups is 1. The van der Waals surface area contributed by atoms with Crippen molar-refractivity contribution in [2.75, 3.05) is 19.8 Å². The van der Waals surface area contributed by atoms with Crippen LogP contribution in [0.1, 0.15) is 18.4 Å². The Morgan fingerprint density at radius 3 is 2.90 bits per heavy atom. The minimum absolute atomic E-state index is 0.0454. The Hall–Kier alpha value is -1.46. The van der Waals surface area contributed by atoms with Crippen LogP contribution >= 0.6 is 0 Å². The molecule has 1 saturated heterocycles. The number of ether oxygens (including phenoxy) is 1. The summed E-state index contributed by atoms with van der Waals surface area (Å²) in [4.78, 5) is -0.153. The molecule has 1 fully saturated rings. The van der Waals surface area contributed by atoms with Crippen molar-refractivity contribution in [3.05, 3.63) is 29.6 Å². The second-order valence-corrected chi connectivity index (χ2v) is 6.35. The fourth-order valence-electron chi connectivity index (χ4n) is 2.02. The minimum Gasteiger partial charge on any atom is -0.384 e. The van der Waals surface area contributed by atoms with E-state index in [1.807, 2.05) is 0 Å². The maximum atomic E-state index is 13.8. The van der Waals surface area contributed by atoms with Crippen molar-refractivity contribution in [1.82, 2.24) is 4.72 Å². The van der Waals surface area contributed by atoms with Gasteiger partial charge in [0, 0.05) is 12.6 Å². The number of rotatable bonds is 3. The van der Waals surface area contributed by atoms with Gasteiger partial charge in [-0.3, -0.25) is 0 Å². The first-order chi connectivity index (χ1) is 10.0. The van der Waals surface area contributed by atoms with Crippen molar-refractivity contribution < 1.29 is 22.7 Å². The van der Waals surface area contributed by atoms with E-state index in [0.717, 1.165) is 12.5 Å². The topological polar surface area (TPSA) is 75.6 Å². The van der Waals surface area contributed by atoms with Crippen LogP contribution in [-0.2, 0) is 14.8 Å². The fourth-order valence-corrected chi connectivity index (χ4v) is 3.29. The average Bonchev–Trinajstić information content (AvgIpc) is 2.46. The predicted octanol–water partition coefficient (Wildman–Crippen LogP) is 0.627. The van der Waals surface area contributed by atoms with Gasteiger partial charge in [0.1, 0.15) is 12.4 Å². The first-order valence-electron chi connectivity index (χ1n) is 6.52. The molecule has 1 aromatic carbocycles. The number of nitrogens with one attached hydrogen (secondary N) is 1. The molecule has 0 aromatic heterocycles. The van der Waals surface area contributed by atoms with Crippen molar-refractivity contribution in [3.8, 4) is 11.8 Å². The lowest BCUT2D eigenvalue weighted by Gasteiger charge is -2.23. The zero-order chi connectivity index (χ0) is 15.3. The van der Waals surface area contributed by atoms with Crippen molar-refractivity contribution in [2.24, 2.45) is 0 Å². The largest absolute Gasteiger partial charge is 0.384 e. The summed E-state index contributed by atoms with van der Waals surface area (Å²) in [5, 5.41) is 8.57. The summed E-state index contributed by atoms with van der Waals surface area (Å²) < 4.78 is 45.8. The highest BCUT2D eigenvalue weighted by Gasteiger charge is 2.22. The van der Waals surface area contributed by atoms with Crippen LogP contribution in [0.15, 0.2) is 23.1 Å². The Morgan fingerprint density at radius 2 is 2.29 bits per heavy atom. The summed E-state index contributed by atoms with van der Waals surface area (Å²) in [5.74, 6) is 3.99. The minimum atomic E-state index is -3.79. The molecular formula is C14H16FNO4S. The third-order valence-corrected chi connectivity index (χ3v) is 4.55. The third kappa shape index (κ3) is 4.25. The van der Waals surface area contributed by atoms with E-state index < -0.39 is 15.8 Å². The summed E-state index contributed by atoms with van der Waals surface area (Å²) in [7, 11) is -3.79. The molecule has 1 unspecified atom stereocenters. The molecule has 2 rings (SSSR count). The molecule has 0 aliphatic carbocycles. The van der Waals surface area contributed by atoms with Gasteiger partial charge in [0.2, 0.25) is 10.0 Å². The van der Waals surface area contributed by atoms with E-state index in [4.69, 9.17) is 9.84 Å². The number of hydrogen-bond donors (Lipinski definition) is 2. The van der Waals surface area contributed by atoms with Crippen molar-refractivity contribution in [3.63, 3.8) is 0 Å². The van der Waals surface area contributed by atoms with Gasteiger partial charge < -0.3 is 9.84 Å². The molecule has 0 saturated carbocycles. The first kappa shape index (κ1) is 15.9. The zero-order valence-electron chi connectivity index (χ0n) is 11.3. The lowest BCUT2D eigenvalue weighted by Crippen LogP contribution is -2.40. The quantitative estimate of drug-likeness (QED) is 0.803. The SMILES string of the molecule is O=S(=O)(NC1CCCOC1)c1ccc(C#CCO)c(F)c1. The lowest BCUT2D eigenvalue weighted by molar-refractivity contribution is 0.0774. The van der Waals surface area contributed by atoms with Gasteiger partial charge >= 0.3 is 0 Å². The summed E-state index contributed by atoms with van der Waals surface area (Å²) in [6, 6.07) is 3.20. The monoisotopic (exact) mass is 313 g/mol. The normalized spacial score (nSPS) is 18.9. The molecule has 1 heterocycles. The summed E-state index contributed by atoms with van der Waals surface area (Å²) >= 11 is 0. The Bertz CT molecular complexity index is 657. The molecule has 7 heteroatoms. The van der Waals surface area contributed by atoms with Crippen LogP contribution in [0.25, 0.3) is 0 Å². The van der Waals surface area contributed by atoms with E-state index in [1.165, 1.54) is 12.1 Å². The molecule has 114 valence electrons. The van der Waals surface area contributed by atoms with E-state index in [0.29, 0.717) is 19.6 Å². The maximum absolute atomic E-state index is 13.8. The molecule has 5 nitrogen and oxygen atoms in total. The fraction of sp³-hybridized carbons (Fsp3) is 0.429. The van der Waals surface area contributed by atoms with E-state index in [1.54, 1.807) is 0 Å². The molecule has 0 amide bonds. The smallest absolute Gasteiger partial charge is 0.241 e. The standard InChI is InChI=1S/C14H16FNO4S/c15-14-9-13(6-5-11(14)3-1-7-17)21(18,19)16-12-4-2-8-20-10-12/h5-6,9,12,16-17H,2,4,7-8,10H2. The van der Waals surface area contributed by atoms with E-state index in [9.17, 15) is 12.8 Å². The molecule has 1 aromatic rings. The van der Waals surface area contributed by atoms with Crippen molar-refractivity contribution in [2.45, 2.75) is 23.8 Å². The Kier molecular flexibility index (Phi) is 5.31. The van der Waals surface area contributed by atoms with Crippen LogP contribution in [-0.4, -0.2) is 39.4 Å². The van der Waals surface area contributed by atoms with Crippen molar-refractivity contribution in [1.29, 1.82) is 0 Å². The molecule has 0 bridgehead atoms. The van der Waals surface area contributed by atoms with Crippen LogP contribution in [0.3, 0.4) is 0 Å². The first-order valence-corrected chi connectivity index (χ1v) is 8.00. The molecule has 0 radical (unpaired) electrons. The summed E-state index contributed by atoms with van der Waals surface area (Å²) in [5.41, 5.74) is 0.0454. The van der Waals surface area contributed by atoms with Crippen LogP contribution in [0.5, 0.6) is 0 Å². The molecule has 21 heavy (non-hydrogen) atoms. The van der Waals surface area contributed by atoms with Gasteiger partial charge in [0.15, 0.2) is 0 Å². The highest BCUT2D eigenvalue weighted by Crippen LogP contribution is 2.16. The third-order valence-electron chi connectivity index (χ3n) is 3.04. The van der Waals surface area contributed by atoms with Crippen LogP contribution in [0, 0.1) is 17.7 Å². The second-order valence-electron chi connectivity index (χ2n) is 4.64. The van der Waals surface area contributed by atoms with Gasteiger partial charge in [-0.2, -0.15) is 0 Å². The van der Waals surface area contributed by atoms with E-state index in [-0.39, 0.29) is 23.1 Å². The van der Waals surface area contributed by atoms with Crippen LogP contribution < -0.4 is 4.72 Å². The number of sulfonamides is 1. The van der Waals surface area contributed by atoms with E-state index in [2.05, 4.69) is 16.6 Å². The van der Waals surface area contributed by atoms with Gasteiger partial charge in [0.05, 0.1) is 17.1 Å². The van der Waals surface area contributed by atoms with Gasteiger partial charge in [-0.05, 0) is 31.0 Å². The summed E-state index contributed by atoms with van der Waals surface area (Å²) in [6.45, 7) is 0.565. The Balaban J connectivity index is 2.18. The molecule has 2 N–H and O–H groups in total. The molecule has 0 spiro atoms. The van der Waals surface area contributed by atoms with Gasteiger partial charge in [-0.1, -0.05) is 11.8 Å². The second kappa shape index (κ2) is 7.00. The van der Waals surface area contributed by atoms with Gasteiger partial charge in [-0.15, -0.1) is 0 Å². The molecular weight excluding hydrogens is 297 g/mol. The number of halogens is 1. The van der Waals surface area contributed by atoms with Gasteiger partial charge in [0.25, 0.3) is 0 Å². The molecule has 1 atom stereocenters. The number of aliphatic hydroxyl groups excluding tert-OH is 1. The van der Waals surface area contributed by atoms with Crippen molar-refractivity contribution >= 4 is 10.0 Å². The maximum Gasteiger partial charge on any atom is 0.241 e. The highest BCUT2D eigenvalue weighted by molar-refractivity contribution is 7.89. The van der Waals surface area contributed by atoms with Crippen LogP contribution in [0.4, 0.5) is 4.39 Å². The lowest BCUT2D eigenvalue weighted by atomic mass is 10.1. The van der Waals surface area contributed by atoms with E-state index >= 15 is 0 Å². The predicted molar refractivity (Wildman–Crippen MR) is 74.5 cm³/mol. The highest BCUT2D eigenvalue weighted by atomic mass is 32.2. The number of benzene rings is 1. The molecule has 1 aliphatic rings. The average molecular weight is 313 g/mol. The molecule has 1 aliphatic heterocycles. The summed E-state index contributed by atoms with van der Waals surface area (Å²) in [6.07, 6.45) is 1.49. The van der Waals surface area contributed by atoms with Gasteiger partial charge in [-0.25, -0.2) is 17.5 Å². The Labute approximate surface area is 123 Å². The number of hydrogen-bond acceptors (Lipinski definition) is 4.